The summed E-state index contributed by atoms with van der Waals surface area (Å²) in [7, 11) is 1.68. The van der Waals surface area contributed by atoms with Crippen LogP contribution in [-0.2, 0) is 11.2 Å². The maximum Gasteiger partial charge on any atom is 0.224 e. The van der Waals surface area contributed by atoms with E-state index in [1.54, 1.807) is 7.11 Å². The van der Waals surface area contributed by atoms with E-state index in [0.717, 1.165) is 42.7 Å². The topological polar surface area (TPSA) is 38.3 Å². The first-order chi connectivity index (χ1) is 10.5. The second-order valence-corrected chi connectivity index (χ2v) is 5.78. The van der Waals surface area contributed by atoms with Crippen LogP contribution < -0.4 is 10.1 Å². The number of carbonyl (C=O) groups is 1. The SMILES string of the molecule is CCCNC(=O)CC(=C(C)C)c1cc(OC)ccc1CCC. The maximum atomic E-state index is 12.1. The van der Waals surface area contributed by atoms with E-state index in [2.05, 4.69) is 45.1 Å². The molecule has 3 nitrogen and oxygen atoms in total. The third-order valence-electron chi connectivity index (χ3n) is 3.67. The molecule has 122 valence electrons. The number of ether oxygens (including phenoxy) is 1. The number of benzene rings is 1. The lowest BCUT2D eigenvalue weighted by molar-refractivity contribution is -0.120. The van der Waals surface area contributed by atoms with Crippen LogP contribution in [0.5, 0.6) is 5.75 Å². The van der Waals surface area contributed by atoms with Gasteiger partial charge in [-0.2, -0.15) is 0 Å². The summed E-state index contributed by atoms with van der Waals surface area (Å²) in [6.45, 7) is 9.09. The number of hydrogen-bond acceptors (Lipinski definition) is 2. The lowest BCUT2D eigenvalue weighted by Gasteiger charge is -2.16. The van der Waals surface area contributed by atoms with E-state index in [0.29, 0.717) is 6.42 Å². The Morgan fingerprint density at radius 3 is 2.45 bits per heavy atom. The molecule has 1 amide bonds. The Kier molecular flexibility index (Phi) is 7.72. The highest BCUT2D eigenvalue weighted by Crippen LogP contribution is 2.30. The van der Waals surface area contributed by atoms with E-state index in [4.69, 9.17) is 4.74 Å². The summed E-state index contributed by atoms with van der Waals surface area (Å²) in [6.07, 6.45) is 3.46. The van der Waals surface area contributed by atoms with Crippen LogP contribution in [-0.4, -0.2) is 19.6 Å². The minimum absolute atomic E-state index is 0.0864. The molecule has 1 aromatic carbocycles. The van der Waals surface area contributed by atoms with E-state index in [9.17, 15) is 4.79 Å². The van der Waals surface area contributed by atoms with Crippen molar-refractivity contribution in [2.75, 3.05) is 13.7 Å². The van der Waals surface area contributed by atoms with Crippen LogP contribution in [0.3, 0.4) is 0 Å². The van der Waals surface area contributed by atoms with Crippen molar-refractivity contribution in [1.29, 1.82) is 0 Å². The highest BCUT2D eigenvalue weighted by atomic mass is 16.5. The number of allylic oxidation sites excluding steroid dienone is 1. The third kappa shape index (κ3) is 5.21. The Labute approximate surface area is 134 Å². The van der Waals surface area contributed by atoms with Gasteiger partial charge in [-0.15, -0.1) is 0 Å². The lowest BCUT2D eigenvalue weighted by atomic mass is 9.91. The molecule has 0 aliphatic rings. The van der Waals surface area contributed by atoms with Gasteiger partial charge >= 0.3 is 0 Å². The monoisotopic (exact) mass is 303 g/mol. The van der Waals surface area contributed by atoms with Crippen molar-refractivity contribution in [2.45, 2.75) is 53.4 Å². The molecule has 22 heavy (non-hydrogen) atoms. The average Bonchev–Trinajstić information content (AvgIpc) is 2.51. The standard InChI is InChI=1S/C19H29NO2/c1-6-8-15-9-10-16(22-5)12-18(15)17(14(3)4)13-19(21)20-11-7-2/h9-10,12H,6-8,11,13H2,1-5H3,(H,20,21). The number of amides is 1. The second-order valence-electron chi connectivity index (χ2n) is 5.78. The van der Waals surface area contributed by atoms with Gasteiger partial charge in [0.1, 0.15) is 5.75 Å². The molecule has 0 aliphatic heterocycles. The van der Waals surface area contributed by atoms with Gasteiger partial charge in [-0.1, -0.05) is 31.9 Å². The summed E-state index contributed by atoms with van der Waals surface area (Å²) < 4.78 is 5.36. The van der Waals surface area contributed by atoms with Crippen molar-refractivity contribution in [3.05, 3.63) is 34.9 Å². The highest BCUT2D eigenvalue weighted by Gasteiger charge is 2.14. The Bertz CT molecular complexity index is 528. The van der Waals surface area contributed by atoms with Crippen molar-refractivity contribution in [3.8, 4) is 5.75 Å². The maximum absolute atomic E-state index is 12.1. The summed E-state index contributed by atoms with van der Waals surface area (Å²) in [4.78, 5) is 12.1. The smallest absolute Gasteiger partial charge is 0.224 e. The van der Waals surface area contributed by atoms with Gasteiger partial charge in [0.25, 0.3) is 0 Å². The van der Waals surface area contributed by atoms with E-state index in [1.165, 1.54) is 11.1 Å². The van der Waals surface area contributed by atoms with E-state index in [1.807, 2.05) is 6.07 Å². The first-order valence-electron chi connectivity index (χ1n) is 8.13. The molecule has 1 rings (SSSR count). The van der Waals surface area contributed by atoms with Crippen LogP contribution in [0.1, 0.15) is 58.1 Å². The molecule has 0 radical (unpaired) electrons. The van der Waals surface area contributed by atoms with E-state index in [-0.39, 0.29) is 5.91 Å². The molecule has 0 saturated heterocycles. The molecule has 0 aromatic heterocycles. The summed E-state index contributed by atoms with van der Waals surface area (Å²) in [6, 6.07) is 6.17. The largest absolute Gasteiger partial charge is 0.497 e. The van der Waals surface area contributed by atoms with E-state index < -0.39 is 0 Å². The van der Waals surface area contributed by atoms with Crippen LogP contribution in [0.2, 0.25) is 0 Å². The zero-order chi connectivity index (χ0) is 16.5. The van der Waals surface area contributed by atoms with Gasteiger partial charge in [-0.3, -0.25) is 4.79 Å². The number of hydrogen-bond donors (Lipinski definition) is 1. The zero-order valence-electron chi connectivity index (χ0n) is 14.6. The van der Waals surface area contributed by atoms with Crippen LogP contribution in [0.15, 0.2) is 23.8 Å². The van der Waals surface area contributed by atoms with Crippen molar-refractivity contribution in [1.82, 2.24) is 5.32 Å². The van der Waals surface area contributed by atoms with Crippen LogP contribution >= 0.6 is 0 Å². The van der Waals surface area contributed by atoms with Crippen molar-refractivity contribution >= 4 is 11.5 Å². The van der Waals surface area contributed by atoms with Gasteiger partial charge in [0, 0.05) is 6.54 Å². The number of rotatable bonds is 8. The summed E-state index contributed by atoms with van der Waals surface area (Å²) in [5, 5.41) is 2.96. The molecule has 3 heteroatoms. The average molecular weight is 303 g/mol. The van der Waals surface area contributed by atoms with Gasteiger partial charge in [0.2, 0.25) is 5.91 Å². The predicted molar refractivity (Wildman–Crippen MR) is 93.2 cm³/mol. The van der Waals surface area contributed by atoms with E-state index >= 15 is 0 Å². The fourth-order valence-corrected chi connectivity index (χ4v) is 2.48. The van der Waals surface area contributed by atoms with Gasteiger partial charge in [0.05, 0.1) is 13.5 Å². The Morgan fingerprint density at radius 1 is 1.18 bits per heavy atom. The zero-order valence-corrected chi connectivity index (χ0v) is 14.6. The van der Waals surface area contributed by atoms with Crippen molar-refractivity contribution < 1.29 is 9.53 Å². The number of methoxy groups -OCH3 is 1. The van der Waals surface area contributed by atoms with Crippen LogP contribution in [0.4, 0.5) is 0 Å². The normalized spacial score (nSPS) is 10.2. The molecule has 0 spiro atoms. The summed E-state index contributed by atoms with van der Waals surface area (Å²) in [5.41, 5.74) is 4.71. The molecular formula is C19H29NO2. The van der Waals surface area contributed by atoms with Gasteiger partial charge in [-0.25, -0.2) is 0 Å². The first-order valence-corrected chi connectivity index (χ1v) is 8.13. The molecule has 1 N–H and O–H groups in total. The third-order valence-corrected chi connectivity index (χ3v) is 3.67. The minimum atomic E-state index is 0.0864. The van der Waals surface area contributed by atoms with Crippen molar-refractivity contribution in [3.63, 3.8) is 0 Å². The number of aryl methyl sites for hydroxylation is 1. The molecule has 0 unspecified atom stereocenters. The predicted octanol–water partition coefficient (Wildman–Crippen LogP) is 4.36. The second kappa shape index (κ2) is 9.29. The van der Waals surface area contributed by atoms with Gasteiger partial charge in [-0.05, 0) is 55.5 Å². The quantitative estimate of drug-likeness (QED) is 0.775. The van der Waals surface area contributed by atoms with Crippen molar-refractivity contribution in [2.24, 2.45) is 0 Å². The molecule has 0 atom stereocenters. The molecule has 0 bridgehead atoms. The minimum Gasteiger partial charge on any atom is -0.497 e. The number of nitrogens with one attached hydrogen (secondary N) is 1. The van der Waals surface area contributed by atoms with Crippen LogP contribution in [0, 0.1) is 0 Å². The Hall–Kier alpha value is -1.77. The Balaban J connectivity index is 3.15. The summed E-state index contributed by atoms with van der Waals surface area (Å²) >= 11 is 0. The lowest BCUT2D eigenvalue weighted by Crippen LogP contribution is -2.24. The highest BCUT2D eigenvalue weighted by molar-refractivity contribution is 5.90. The van der Waals surface area contributed by atoms with Gasteiger partial charge in [0.15, 0.2) is 0 Å². The number of carbonyl (C=O) groups excluding carboxylic acids is 1. The molecule has 0 aliphatic carbocycles. The molecule has 0 heterocycles. The fraction of sp³-hybridized carbons (Fsp3) is 0.526. The summed E-state index contributed by atoms with van der Waals surface area (Å²) in [5.74, 6) is 0.922. The molecule has 1 aromatic rings. The Morgan fingerprint density at radius 2 is 1.91 bits per heavy atom. The van der Waals surface area contributed by atoms with Gasteiger partial charge < -0.3 is 10.1 Å². The van der Waals surface area contributed by atoms with Crippen LogP contribution in [0.25, 0.3) is 5.57 Å². The molecule has 0 fully saturated rings. The molecule has 0 saturated carbocycles. The first kappa shape index (κ1) is 18.3. The fourth-order valence-electron chi connectivity index (χ4n) is 2.48. The molecular weight excluding hydrogens is 274 g/mol.